The van der Waals surface area contributed by atoms with Crippen molar-refractivity contribution in [3.63, 3.8) is 0 Å². The third-order valence-corrected chi connectivity index (χ3v) is 7.29. The van der Waals surface area contributed by atoms with Crippen LogP contribution >= 0.6 is 11.6 Å². The molecule has 0 bridgehead atoms. The number of rotatable bonds is 5. The number of halogens is 1. The molecule has 2 heterocycles. The van der Waals surface area contributed by atoms with Crippen LogP contribution in [0, 0.1) is 0 Å². The van der Waals surface area contributed by atoms with Crippen molar-refractivity contribution < 1.29 is 8.42 Å². The minimum absolute atomic E-state index is 0.334. The fourth-order valence-electron chi connectivity index (χ4n) is 3.44. The van der Waals surface area contributed by atoms with Gasteiger partial charge in [0.05, 0.1) is 10.4 Å². The highest BCUT2D eigenvalue weighted by Gasteiger charge is 2.26. The highest BCUT2D eigenvalue weighted by molar-refractivity contribution is 7.89. The summed E-state index contributed by atoms with van der Waals surface area (Å²) in [4.78, 5) is 4.93. The van der Waals surface area contributed by atoms with E-state index in [-0.39, 0.29) is 0 Å². The van der Waals surface area contributed by atoms with Gasteiger partial charge >= 0.3 is 0 Å². The molecule has 1 aliphatic heterocycles. The van der Waals surface area contributed by atoms with Crippen molar-refractivity contribution in [3.8, 4) is 0 Å². The van der Waals surface area contributed by atoms with Crippen LogP contribution in [0.2, 0.25) is 5.02 Å². The highest BCUT2D eigenvalue weighted by atomic mass is 35.5. The maximum absolute atomic E-state index is 12.9. The lowest BCUT2D eigenvalue weighted by Gasteiger charge is -2.25. The van der Waals surface area contributed by atoms with Crippen LogP contribution < -0.4 is 5.32 Å². The van der Waals surface area contributed by atoms with Crippen LogP contribution in [0.3, 0.4) is 0 Å². The molecule has 1 saturated heterocycles. The normalized spacial score (nSPS) is 15.6. The Morgan fingerprint density at radius 3 is 2.57 bits per heavy atom. The van der Waals surface area contributed by atoms with Gasteiger partial charge in [-0.25, -0.2) is 13.4 Å². The topological polar surface area (TPSA) is 62.3 Å². The van der Waals surface area contributed by atoms with E-state index >= 15 is 0 Å². The smallest absolute Gasteiger partial charge is 0.243 e. The van der Waals surface area contributed by atoms with E-state index in [1.807, 2.05) is 36.4 Å². The van der Waals surface area contributed by atoms with Gasteiger partial charge in [-0.3, -0.25) is 0 Å². The Bertz CT molecular complexity index is 1100. The van der Waals surface area contributed by atoms with Gasteiger partial charge in [-0.15, -0.1) is 0 Å². The van der Waals surface area contributed by atoms with Crippen molar-refractivity contribution in [2.24, 2.45) is 0 Å². The molecular formula is C21H22ClN3O2S. The summed E-state index contributed by atoms with van der Waals surface area (Å²) >= 11 is 6.19. The average molecular weight is 416 g/mol. The van der Waals surface area contributed by atoms with Crippen molar-refractivity contribution in [2.75, 3.05) is 18.4 Å². The number of aromatic nitrogens is 1. The number of pyridine rings is 1. The van der Waals surface area contributed by atoms with Crippen molar-refractivity contribution in [1.82, 2.24) is 9.29 Å². The third-order valence-electron chi connectivity index (χ3n) is 5.03. The number of fused-ring (bicyclic) bond motifs is 1. The lowest BCUT2D eigenvalue weighted by Crippen LogP contribution is -2.35. The Hall–Kier alpha value is -2.15. The number of anilines is 1. The van der Waals surface area contributed by atoms with E-state index in [1.54, 1.807) is 22.5 Å². The molecule has 1 fully saturated rings. The van der Waals surface area contributed by atoms with Gasteiger partial charge in [0.25, 0.3) is 0 Å². The highest BCUT2D eigenvalue weighted by Crippen LogP contribution is 2.25. The molecule has 0 unspecified atom stereocenters. The van der Waals surface area contributed by atoms with E-state index in [0.29, 0.717) is 29.6 Å². The van der Waals surface area contributed by atoms with Gasteiger partial charge in [0.15, 0.2) is 0 Å². The summed E-state index contributed by atoms with van der Waals surface area (Å²) in [6, 6.07) is 16.6. The predicted molar refractivity (Wildman–Crippen MR) is 113 cm³/mol. The standard InChI is InChI=1S/C21H22ClN3O2S/c22-19-7-3-2-6-17(19)15-23-21-11-8-16-14-18(9-10-20(16)24-21)28(26,27)25-12-4-1-5-13-25/h2-3,6-11,14H,1,4-5,12-13,15H2,(H,23,24). The van der Waals surface area contributed by atoms with Crippen LogP contribution in [0.1, 0.15) is 24.8 Å². The fraction of sp³-hybridized carbons (Fsp3) is 0.286. The zero-order chi connectivity index (χ0) is 19.6. The van der Waals surface area contributed by atoms with E-state index < -0.39 is 10.0 Å². The van der Waals surface area contributed by atoms with Crippen molar-refractivity contribution in [3.05, 3.63) is 65.2 Å². The summed E-state index contributed by atoms with van der Waals surface area (Å²) in [6.07, 6.45) is 2.95. The van der Waals surface area contributed by atoms with Crippen molar-refractivity contribution >= 4 is 38.3 Å². The van der Waals surface area contributed by atoms with Crippen LogP contribution in [-0.4, -0.2) is 30.8 Å². The zero-order valence-electron chi connectivity index (χ0n) is 15.4. The molecule has 0 amide bonds. The lowest BCUT2D eigenvalue weighted by molar-refractivity contribution is 0.346. The van der Waals surface area contributed by atoms with Gasteiger partial charge in [0.1, 0.15) is 5.82 Å². The molecule has 0 aliphatic carbocycles. The van der Waals surface area contributed by atoms with Gasteiger partial charge in [0, 0.05) is 30.0 Å². The minimum Gasteiger partial charge on any atom is -0.366 e. The van der Waals surface area contributed by atoms with Crippen molar-refractivity contribution in [1.29, 1.82) is 0 Å². The molecule has 2 aromatic carbocycles. The minimum atomic E-state index is -3.44. The molecule has 0 atom stereocenters. The van der Waals surface area contributed by atoms with E-state index in [9.17, 15) is 8.42 Å². The molecule has 4 rings (SSSR count). The lowest BCUT2D eigenvalue weighted by atomic mass is 10.2. The Morgan fingerprint density at radius 2 is 1.79 bits per heavy atom. The van der Waals surface area contributed by atoms with E-state index in [0.717, 1.165) is 41.5 Å². The number of nitrogens with zero attached hydrogens (tertiary/aromatic N) is 2. The molecule has 7 heteroatoms. The van der Waals surface area contributed by atoms with Crippen LogP contribution in [0.15, 0.2) is 59.5 Å². The SMILES string of the molecule is O=S(=O)(c1ccc2nc(NCc3ccccc3Cl)ccc2c1)N1CCCCC1. The zero-order valence-corrected chi connectivity index (χ0v) is 17.0. The van der Waals surface area contributed by atoms with Crippen LogP contribution in [-0.2, 0) is 16.6 Å². The van der Waals surface area contributed by atoms with Crippen LogP contribution in [0.25, 0.3) is 10.9 Å². The first-order valence-electron chi connectivity index (χ1n) is 9.42. The predicted octanol–water partition coefficient (Wildman–Crippen LogP) is 4.67. The van der Waals surface area contributed by atoms with Gasteiger partial charge in [-0.05, 0) is 54.8 Å². The Balaban J connectivity index is 1.55. The molecule has 1 aliphatic rings. The molecule has 1 aromatic heterocycles. The number of hydrogen-bond acceptors (Lipinski definition) is 4. The van der Waals surface area contributed by atoms with E-state index in [1.165, 1.54) is 0 Å². The molecule has 0 saturated carbocycles. The van der Waals surface area contributed by atoms with Crippen LogP contribution in [0.4, 0.5) is 5.82 Å². The summed E-state index contributed by atoms with van der Waals surface area (Å²) in [5.74, 6) is 0.721. The fourth-order valence-corrected chi connectivity index (χ4v) is 5.20. The molecule has 0 spiro atoms. The largest absolute Gasteiger partial charge is 0.366 e. The number of nitrogens with one attached hydrogen (secondary N) is 1. The molecule has 0 radical (unpaired) electrons. The summed E-state index contributed by atoms with van der Waals surface area (Å²) in [7, 11) is -3.44. The summed E-state index contributed by atoms with van der Waals surface area (Å²) in [6.45, 7) is 1.77. The first-order valence-corrected chi connectivity index (χ1v) is 11.2. The second-order valence-corrected chi connectivity index (χ2v) is 9.31. The molecule has 28 heavy (non-hydrogen) atoms. The Kier molecular flexibility index (Phi) is 5.53. The Morgan fingerprint density at radius 1 is 1.00 bits per heavy atom. The second-order valence-electron chi connectivity index (χ2n) is 6.96. The summed E-state index contributed by atoms with van der Waals surface area (Å²) in [5.41, 5.74) is 1.75. The monoisotopic (exact) mass is 415 g/mol. The van der Waals surface area contributed by atoms with Crippen LogP contribution in [0.5, 0.6) is 0 Å². The number of piperidine rings is 1. The van der Waals surface area contributed by atoms with E-state index in [4.69, 9.17) is 11.6 Å². The summed E-state index contributed by atoms with van der Waals surface area (Å²) < 4.78 is 27.3. The molecule has 1 N–H and O–H groups in total. The van der Waals surface area contributed by atoms with E-state index in [2.05, 4.69) is 10.3 Å². The summed E-state index contributed by atoms with van der Waals surface area (Å²) in [5, 5.41) is 4.79. The molecule has 3 aromatic rings. The van der Waals surface area contributed by atoms with Gasteiger partial charge in [-0.1, -0.05) is 36.2 Å². The Labute approximate surface area is 170 Å². The number of sulfonamides is 1. The molecular weight excluding hydrogens is 394 g/mol. The second kappa shape index (κ2) is 8.07. The van der Waals surface area contributed by atoms with Crippen molar-refractivity contribution in [2.45, 2.75) is 30.7 Å². The van der Waals surface area contributed by atoms with Gasteiger partial charge < -0.3 is 5.32 Å². The first-order chi connectivity index (χ1) is 13.5. The number of hydrogen-bond donors (Lipinski definition) is 1. The van der Waals surface area contributed by atoms with Gasteiger partial charge in [-0.2, -0.15) is 4.31 Å². The first kappa shape index (κ1) is 19.2. The number of benzene rings is 2. The quantitative estimate of drug-likeness (QED) is 0.657. The van der Waals surface area contributed by atoms with Gasteiger partial charge in [0.2, 0.25) is 10.0 Å². The maximum Gasteiger partial charge on any atom is 0.243 e. The maximum atomic E-state index is 12.9. The average Bonchev–Trinajstić information content (AvgIpc) is 2.73. The molecule has 5 nitrogen and oxygen atoms in total. The molecule has 146 valence electrons. The third kappa shape index (κ3) is 3.99.